The summed E-state index contributed by atoms with van der Waals surface area (Å²) < 4.78 is 27.8. The summed E-state index contributed by atoms with van der Waals surface area (Å²) in [7, 11) is 0.0142. The SMILES string of the molecule is CCc1cnc(CNS(=O)(=O)N(C)CCCNC)s1. The van der Waals surface area contributed by atoms with Crippen molar-refractivity contribution in [2.24, 2.45) is 0 Å². The van der Waals surface area contributed by atoms with E-state index in [1.165, 1.54) is 4.31 Å². The van der Waals surface area contributed by atoms with Crippen LogP contribution in [0.5, 0.6) is 0 Å². The molecule has 110 valence electrons. The monoisotopic (exact) mass is 306 g/mol. The second-order valence-corrected chi connectivity index (χ2v) is 7.24. The lowest BCUT2D eigenvalue weighted by Gasteiger charge is -2.17. The smallest absolute Gasteiger partial charge is 0.279 e. The van der Waals surface area contributed by atoms with Crippen LogP contribution in [0.25, 0.3) is 0 Å². The molecule has 0 spiro atoms. The second kappa shape index (κ2) is 7.91. The Kier molecular flexibility index (Phi) is 6.87. The molecule has 1 aromatic heterocycles. The summed E-state index contributed by atoms with van der Waals surface area (Å²) in [5, 5.41) is 3.79. The maximum absolute atomic E-state index is 11.9. The molecule has 0 saturated heterocycles. The Bertz CT molecular complexity index is 473. The van der Waals surface area contributed by atoms with Crippen molar-refractivity contribution in [2.75, 3.05) is 27.2 Å². The third kappa shape index (κ3) is 5.53. The van der Waals surface area contributed by atoms with Crippen LogP contribution in [0.15, 0.2) is 6.20 Å². The minimum atomic E-state index is -3.41. The minimum Gasteiger partial charge on any atom is -0.320 e. The molecule has 8 heteroatoms. The standard InChI is InChI=1S/C11H22N4O2S2/c1-4-10-8-13-11(18-10)9-14-19(16,17)15(3)7-5-6-12-2/h8,12,14H,4-7,9H2,1-3H3. The van der Waals surface area contributed by atoms with E-state index in [1.54, 1.807) is 24.6 Å². The summed E-state index contributed by atoms with van der Waals surface area (Å²) in [6.07, 6.45) is 3.50. The summed E-state index contributed by atoms with van der Waals surface area (Å²) in [5.74, 6) is 0. The van der Waals surface area contributed by atoms with Gasteiger partial charge in [0.15, 0.2) is 0 Å². The van der Waals surface area contributed by atoms with E-state index in [0.29, 0.717) is 6.54 Å². The van der Waals surface area contributed by atoms with Gasteiger partial charge in [-0.25, -0.2) is 4.98 Å². The predicted octanol–water partition coefficient (Wildman–Crippen LogP) is 0.581. The van der Waals surface area contributed by atoms with Crippen molar-refractivity contribution >= 4 is 21.5 Å². The third-order valence-electron chi connectivity index (χ3n) is 2.67. The molecular weight excluding hydrogens is 284 g/mol. The number of aryl methyl sites for hydroxylation is 1. The average molecular weight is 306 g/mol. The molecule has 0 aliphatic rings. The lowest BCUT2D eigenvalue weighted by molar-refractivity contribution is 0.447. The van der Waals surface area contributed by atoms with Crippen molar-refractivity contribution in [3.8, 4) is 0 Å². The maximum atomic E-state index is 11.9. The van der Waals surface area contributed by atoms with Gasteiger partial charge in [0, 0.05) is 24.7 Å². The molecule has 0 unspecified atom stereocenters. The van der Waals surface area contributed by atoms with Gasteiger partial charge in [-0.1, -0.05) is 6.92 Å². The zero-order chi connectivity index (χ0) is 14.3. The number of nitrogens with one attached hydrogen (secondary N) is 2. The van der Waals surface area contributed by atoms with Gasteiger partial charge in [-0.2, -0.15) is 17.4 Å². The van der Waals surface area contributed by atoms with Crippen LogP contribution >= 0.6 is 11.3 Å². The lowest BCUT2D eigenvalue weighted by atomic mass is 10.4. The Morgan fingerprint density at radius 1 is 1.47 bits per heavy atom. The first-order valence-electron chi connectivity index (χ1n) is 6.28. The Morgan fingerprint density at radius 3 is 2.79 bits per heavy atom. The molecule has 6 nitrogen and oxygen atoms in total. The van der Waals surface area contributed by atoms with E-state index >= 15 is 0 Å². The van der Waals surface area contributed by atoms with Crippen LogP contribution in [-0.4, -0.2) is 44.9 Å². The Hall–Kier alpha value is -0.540. The number of thiazole rings is 1. The Labute approximate surface area is 119 Å². The molecule has 19 heavy (non-hydrogen) atoms. The first-order valence-corrected chi connectivity index (χ1v) is 8.54. The maximum Gasteiger partial charge on any atom is 0.279 e. The first kappa shape index (κ1) is 16.5. The largest absolute Gasteiger partial charge is 0.320 e. The van der Waals surface area contributed by atoms with Crippen LogP contribution in [0, 0.1) is 0 Å². The molecule has 0 fully saturated rings. The van der Waals surface area contributed by atoms with Crippen LogP contribution in [0.2, 0.25) is 0 Å². The zero-order valence-corrected chi connectivity index (χ0v) is 13.3. The van der Waals surface area contributed by atoms with Crippen molar-refractivity contribution in [1.29, 1.82) is 0 Å². The van der Waals surface area contributed by atoms with Gasteiger partial charge in [-0.05, 0) is 26.4 Å². The van der Waals surface area contributed by atoms with Crippen molar-refractivity contribution in [2.45, 2.75) is 26.3 Å². The van der Waals surface area contributed by atoms with Gasteiger partial charge in [0.1, 0.15) is 5.01 Å². The van der Waals surface area contributed by atoms with Crippen molar-refractivity contribution in [1.82, 2.24) is 19.3 Å². The van der Waals surface area contributed by atoms with Gasteiger partial charge >= 0.3 is 0 Å². The molecule has 0 amide bonds. The topological polar surface area (TPSA) is 74.3 Å². The second-order valence-electron chi connectivity index (χ2n) is 4.18. The van der Waals surface area contributed by atoms with E-state index < -0.39 is 10.2 Å². The Morgan fingerprint density at radius 2 is 2.21 bits per heavy atom. The Balaban J connectivity index is 2.45. The molecule has 2 N–H and O–H groups in total. The average Bonchev–Trinajstić information content (AvgIpc) is 2.84. The van der Waals surface area contributed by atoms with E-state index in [1.807, 2.05) is 7.05 Å². The van der Waals surface area contributed by atoms with E-state index in [0.717, 1.165) is 29.3 Å². The number of nitrogens with zero attached hydrogens (tertiary/aromatic N) is 2. The fraction of sp³-hybridized carbons (Fsp3) is 0.727. The molecule has 1 aromatic rings. The number of hydrogen-bond acceptors (Lipinski definition) is 5. The fourth-order valence-electron chi connectivity index (χ4n) is 1.46. The van der Waals surface area contributed by atoms with Gasteiger partial charge in [0.05, 0.1) is 6.54 Å². The number of hydrogen-bond donors (Lipinski definition) is 2. The zero-order valence-electron chi connectivity index (χ0n) is 11.6. The number of aromatic nitrogens is 1. The molecule has 0 bridgehead atoms. The third-order valence-corrected chi connectivity index (χ3v) is 5.32. The summed E-state index contributed by atoms with van der Waals surface area (Å²) >= 11 is 1.54. The van der Waals surface area contributed by atoms with Crippen LogP contribution in [-0.2, 0) is 23.2 Å². The van der Waals surface area contributed by atoms with E-state index in [2.05, 4.69) is 21.9 Å². The van der Waals surface area contributed by atoms with Gasteiger partial charge < -0.3 is 5.32 Å². The van der Waals surface area contributed by atoms with Crippen molar-refractivity contribution in [3.63, 3.8) is 0 Å². The molecule has 0 radical (unpaired) electrons. The summed E-state index contributed by atoms with van der Waals surface area (Å²) in [5.41, 5.74) is 0. The molecule has 0 aliphatic heterocycles. The molecule has 1 rings (SSSR count). The first-order chi connectivity index (χ1) is 8.99. The van der Waals surface area contributed by atoms with Crippen LogP contribution in [0.1, 0.15) is 23.2 Å². The molecule has 0 atom stereocenters. The summed E-state index contributed by atoms with van der Waals surface area (Å²) in [6.45, 7) is 3.60. The molecule has 0 saturated carbocycles. The van der Waals surface area contributed by atoms with Gasteiger partial charge in [-0.3, -0.25) is 0 Å². The van der Waals surface area contributed by atoms with Crippen LogP contribution in [0.3, 0.4) is 0 Å². The van der Waals surface area contributed by atoms with Crippen molar-refractivity contribution in [3.05, 3.63) is 16.1 Å². The fourth-order valence-corrected chi connectivity index (χ4v) is 3.26. The highest BCUT2D eigenvalue weighted by atomic mass is 32.2. The lowest BCUT2D eigenvalue weighted by Crippen LogP contribution is -2.38. The van der Waals surface area contributed by atoms with Gasteiger partial charge in [0.2, 0.25) is 0 Å². The molecular formula is C11H22N4O2S2. The van der Waals surface area contributed by atoms with Crippen molar-refractivity contribution < 1.29 is 8.42 Å². The van der Waals surface area contributed by atoms with Crippen LogP contribution in [0.4, 0.5) is 0 Å². The van der Waals surface area contributed by atoms with Crippen LogP contribution < -0.4 is 10.0 Å². The minimum absolute atomic E-state index is 0.253. The van der Waals surface area contributed by atoms with E-state index in [4.69, 9.17) is 0 Å². The number of rotatable bonds is 9. The normalized spacial score (nSPS) is 12.2. The predicted molar refractivity (Wildman–Crippen MR) is 78.4 cm³/mol. The summed E-state index contributed by atoms with van der Waals surface area (Å²) in [4.78, 5) is 5.35. The van der Waals surface area contributed by atoms with E-state index in [-0.39, 0.29) is 6.54 Å². The summed E-state index contributed by atoms with van der Waals surface area (Å²) in [6, 6.07) is 0. The van der Waals surface area contributed by atoms with Gasteiger partial charge in [-0.15, -0.1) is 11.3 Å². The van der Waals surface area contributed by atoms with E-state index in [9.17, 15) is 8.42 Å². The highest BCUT2D eigenvalue weighted by Gasteiger charge is 2.17. The van der Waals surface area contributed by atoms with Gasteiger partial charge in [0.25, 0.3) is 10.2 Å². The highest BCUT2D eigenvalue weighted by Crippen LogP contribution is 2.13. The molecule has 0 aromatic carbocycles. The quantitative estimate of drug-likeness (QED) is 0.655. The molecule has 1 heterocycles. The highest BCUT2D eigenvalue weighted by molar-refractivity contribution is 7.87. The molecule has 0 aliphatic carbocycles.